The molecule has 0 bridgehead atoms. The van der Waals surface area contributed by atoms with E-state index < -0.39 is 30.0 Å². The van der Waals surface area contributed by atoms with Crippen LogP contribution in [0, 0.1) is 0 Å². The number of hydrogen-bond acceptors (Lipinski definition) is 7. The van der Waals surface area contributed by atoms with Gasteiger partial charge in [-0.2, -0.15) is 0 Å². The van der Waals surface area contributed by atoms with Gasteiger partial charge in [0.05, 0.1) is 5.56 Å². The number of ether oxygens (including phenoxy) is 2. The number of benzene rings is 2. The smallest absolute Gasteiger partial charge is 0.345 e. The summed E-state index contributed by atoms with van der Waals surface area (Å²) in [4.78, 5) is 48.4. The van der Waals surface area contributed by atoms with Crippen molar-refractivity contribution in [1.29, 1.82) is 0 Å². The van der Waals surface area contributed by atoms with Crippen LogP contribution in [-0.4, -0.2) is 42.0 Å². The standard InChI is InChI=1S/C24H26N2O6/c1-16-21(24(30)31-16)26-20(27)14-8-13-19(25-15-17-9-4-2-5-10-17)23(29)32-22(28)18-11-6-3-7-12-18/h2-7,9-12,16,19,21,25H,8,13-15H2,1H3,(H,26,27)/t16-,19+,21+/m1/s1. The van der Waals surface area contributed by atoms with Crippen LogP contribution in [0.1, 0.15) is 42.1 Å². The zero-order valence-corrected chi connectivity index (χ0v) is 17.8. The van der Waals surface area contributed by atoms with Crippen LogP contribution in [0.5, 0.6) is 0 Å². The first-order valence-electron chi connectivity index (χ1n) is 10.5. The van der Waals surface area contributed by atoms with Crippen LogP contribution in [0.25, 0.3) is 0 Å². The molecule has 1 saturated heterocycles. The van der Waals surface area contributed by atoms with Crippen molar-refractivity contribution in [2.75, 3.05) is 0 Å². The lowest BCUT2D eigenvalue weighted by atomic mass is 10.1. The van der Waals surface area contributed by atoms with Gasteiger partial charge in [-0.3, -0.25) is 4.79 Å². The molecule has 8 heteroatoms. The van der Waals surface area contributed by atoms with Crippen molar-refractivity contribution in [3.05, 3.63) is 71.8 Å². The summed E-state index contributed by atoms with van der Waals surface area (Å²) >= 11 is 0. The minimum Gasteiger partial charge on any atom is -0.458 e. The number of esters is 3. The topological polar surface area (TPSA) is 111 Å². The third-order valence-corrected chi connectivity index (χ3v) is 5.12. The first-order chi connectivity index (χ1) is 15.4. The highest BCUT2D eigenvalue weighted by Gasteiger charge is 2.40. The van der Waals surface area contributed by atoms with Gasteiger partial charge in [-0.15, -0.1) is 0 Å². The Morgan fingerprint density at radius 3 is 2.31 bits per heavy atom. The van der Waals surface area contributed by atoms with Crippen molar-refractivity contribution in [1.82, 2.24) is 10.6 Å². The minimum atomic E-state index is -0.775. The van der Waals surface area contributed by atoms with E-state index in [4.69, 9.17) is 9.47 Å². The summed E-state index contributed by atoms with van der Waals surface area (Å²) in [6.45, 7) is 2.10. The van der Waals surface area contributed by atoms with E-state index in [1.807, 2.05) is 30.3 Å². The number of carbonyl (C=O) groups excluding carboxylic acids is 4. The van der Waals surface area contributed by atoms with Crippen LogP contribution in [0.15, 0.2) is 60.7 Å². The molecule has 1 amide bonds. The molecule has 1 heterocycles. The fraction of sp³-hybridized carbons (Fsp3) is 0.333. The Hall–Kier alpha value is -3.52. The quantitative estimate of drug-likeness (QED) is 0.432. The fourth-order valence-electron chi connectivity index (χ4n) is 3.27. The Morgan fingerprint density at radius 2 is 1.69 bits per heavy atom. The fourth-order valence-corrected chi connectivity index (χ4v) is 3.27. The van der Waals surface area contributed by atoms with Gasteiger partial charge in [-0.25, -0.2) is 14.4 Å². The molecule has 2 aromatic rings. The second-order valence-electron chi connectivity index (χ2n) is 7.57. The van der Waals surface area contributed by atoms with Gasteiger partial charge in [-0.05, 0) is 37.5 Å². The molecule has 3 atom stereocenters. The molecule has 0 spiro atoms. The molecular formula is C24H26N2O6. The van der Waals surface area contributed by atoms with Crippen LogP contribution in [0.2, 0.25) is 0 Å². The van der Waals surface area contributed by atoms with Crippen molar-refractivity contribution in [3.63, 3.8) is 0 Å². The van der Waals surface area contributed by atoms with Crippen LogP contribution in [-0.2, 0) is 30.4 Å². The Morgan fingerprint density at radius 1 is 1.03 bits per heavy atom. The van der Waals surface area contributed by atoms with E-state index in [1.165, 1.54) is 0 Å². The van der Waals surface area contributed by atoms with Gasteiger partial charge in [0.25, 0.3) is 0 Å². The highest BCUT2D eigenvalue weighted by atomic mass is 16.6. The Bertz CT molecular complexity index is 947. The van der Waals surface area contributed by atoms with Gasteiger partial charge >= 0.3 is 17.9 Å². The molecule has 3 rings (SSSR count). The van der Waals surface area contributed by atoms with Crippen LogP contribution >= 0.6 is 0 Å². The van der Waals surface area contributed by atoms with Crippen molar-refractivity contribution < 1.29 is 28.7 Å². The maximum absolute atomic E-state index is 12.7. The minimum absolute atomic E-state index is 0.125. The van der Waals surface area contributed by atoms with Crippen LogP contribution < -0.4 is 10.6 Å². The highest BCUT2D eigenvalue weighted by Crippen LogP contribution is 2.14. The van der Waals surface area contributed by atoms with E-state index in [0.717, 1.165) is 5.56 Å². The summed E-state index contributed by atoms with van der Waals surface area (Å²) in [6, 6.07) is 16.4. The lowest BCUT2D eigenvalue weighted by molar-refractivity contribution is -0.176. The average Bonchev–Trinajstić information content (AvgIpc) is 2.81. The van der Waals surface area contributed by atoms with Crippen molar-refractivity contribution in [2.45, 2.75) is 50.9 Å². The molecular weight excluding hydrogens is 412 g/mol. The van der Waals surface area contributed by atoms with Crippen LogP contribution in [0.4, 0.5) is 0 Å². The number of amides is 1. The predicted octanol–water partition coefficient (Wildman–Crippen LogP) is 2.13. The molecule has 8 nitrogen and oxygen atoms in total. The Kier molecular flexibility index (Phi) is 8.10. The van der Waals surface area contributed by atoms with Gasteiger partial charge in [0, 0.05) is 13.0 Å². The summed E-state index contributed by atoms with van der Waals surface area (Å²) in [5.74, 6) is -2.17. The van der Waals surface area contributed by atoms with Gasteiger partial charge < -0.3 is 20.1 Å². The molecule has 0 aliphatic carbocycles. The second kappa shape index (κ2) is 11.2. The molecule has 0 radical (unpaired) electrons. The van der Waals surface area contributed by atoms with Gasteiger partial charge in [0.1, 0.15) is 12.1 Å². The molecule has 32 heavy (non-hydrogen) atoms. The van der Waals surface area contributed by atoms with E-state index in [1.54, 1.807) is 37.3 Å². The van der Waals surface area contributed by atoms with E-state index in [0.29, 0.717) is 13.0 Å². The molecule has 0 unspecified atom stereocenters. The average molecular weight is 438 g/mol. The van der Waals surface area contributed by atoms with Crippen molar-refractivity contribution in [2.24, 2.45) is 0 Å². The largest absolute Gasteiger partial charge is 0.458 e. The van der Waals surface area contributed by atoms with E-state index in [2.05, 4.69) is 10.6 Å². The molecule has 2 aromatic carbocycles. The lowest BCUT2D eigenvalue weighted by Crippen LogP contribution is -2.58. The van der Waals surface area contributed by atoms with E-state index in [-0.39, 0.29) is 30.4 Å². The number of hydrogen-bond donors (Lipinski definition) is 2. The summed E-state index contributed by atoms with van der Waals surface area (Å²) in [5.41, 5.74) is 1.25. The maximum atomic E-state index is 12.7. The SMILES string of the molecule is C[C@H]1OC(=O)[C@H]1NC(=O)CCC[C@H](NCc1ccccc1)C(=O)OC(=O)c1ccccc1. The Balaban J connectivity index is 1.54. The molecule has 0 saturated carbocycles. The molecule has 1 aliphatic rings. The summed E-state index contributed by atoms with van der Waals surface area (Å²) in [5, 5.41) is 5.74. The van der Waals surface area contributed by atoms with E-state index >= 15 is 0 Å². The lowest BCUT2D eigenvalue weighted by Gasteiger charge is -2.32. The zero-order valence-electron chi connectivity index (χ0n) is 17.8. The second-order valence-corrected chi connectivity index (χ2v) is 7.57. The highest BCUT2D eigenvalue weighted by molar-refractivity contribution is 5.98. The molecule has 2 N–H and O–H groups in total. The maximum Gasteiger partial charge on any atom is 0.345 e. The summed E-state index contributed by atoms with van der Waals surface area (Å²) < 4.78 is 9.88. The zero-order chi connectivity index (χ0) is 22.9. The van der Waals surface area contributed by atoms with E-state index in [9.17, 15) is 19.2 Å². The van der Waals surface area contributed by atoms with Crippen molar-refractivity contribution >= 4 is 23.8 Å². The van der Waals surface area contributed by atoms with Crippen LogP contribution in [0.3, 0.4) is 0 Å². The number of carbonyl (C=O) groups is 4. The molecule has 1 aliphatic heterocycles. The third-order valence-electron chi connectivity index (χ3n) is 5.12. The van der Waals surface area contributed by atoms with Gasteiger partial charge in [0.15, 0.2) is 6.04 Å². The molecule has 0 aromatic heterocycles. The first-order valence-corrected chi connectivity index (χ1v) is 10.5. The predicted molar refractivity (Wildman–Crippen MR) is 115 cm³/mol. The molecule has 1 fully saturated rings. The van der Waals surface area contributed by atoms with Gasteiger partial charge in [-0.1, -0.05) is 48.5 Å². The first kappa shape index (κ1) is 23.1. The summed E-state index contributed by atoms with van der Waals surface area (Å²) in [7, 11) is 0. The normalized spacial score (nSPS) is 18.1. The molecule has 168 valence electrons. The Labute approximate surface area is 186 Å². The number of cyclic esters (lactones) is 1. The monoisotopic (exact) mass is 438 g/mol. The third kappa shape index (κ3) is 6.49. The number of rotatable bonds is 10. The van der Waals surface area contributed by atoms with Gasteiger partial charge in [0.2, 0.25) is 5.91 Å². The number of nitrogens with one attached hydrogen (secondary N) is 2. The van der Waals surface area contributed by atoms with Crippen molar-refractivity contribution in [3.8, 4) is 0 Å². The summed E-state index contributed by atoms with van der Waals surface area (Å²) in [6.07, 6.45) is 0.431.